The van der Waals surface area contributed by atoms with Crippen LogP contribution in [-0.4, -0.2) is 67.1 Å². The SMILES string of the molecule is O=C(C1CCN(Cc2ccccc2)CC1c1ccccc1)N1CCC(O)(Cn2cnc3ccc(Cl)nc3c2=O)CC1. The summed E-state index contributed by atoms with van der Waals surface area (Å²) in [6.45, 7) is 3.54. The second-order valence-corrected chi connectivity index (χ2v) is 11.7. The number of pyridine rings is 1. The summed E-state index contributed by atoms with van der Waals surface area (Å²) in [4.78, 5) is 39.8. The predicted octanol–water partition coefficient (Wildman–Crippen LogP) is 4.10. The van der Waals surface area contributed by atoms with E-state index in [-0.39, 0.29) is 40.5 Å². The Morgan fingerprint density at radius 1 is 0.976 bits per heavy atom. The van der Waals surface area contributed by atoms with Gasteiger partial charge in [0.1, 0.15) is 5.15 Å². The summed E-state index contributed by atoms with van der Waals surface area (Å²) in [7, 11) is 0. The van der Waals surface area contributed by atoms with E-state index in [2.05, 4.69) is 51.3 Å². The summed E-state index contributed by atoms with van der Waals surface area (Å²) in [6.07, 6.45) is 3.01. The third kappa shape index (κ3) is 6.05. The van der Waals surface area contributed by atoms with Gasteiger partial charge < -0.3 is 10.0 Å². The maximum Gasteiger partial charge on any atom is 0.279 e. The highest BCUT2D eigenvalue weighted by Crippen LogP contribution is 2.36. The van der Waals surface area contributed by atoms with Crippen molar-refractivity contribution in [3.63, 3.8) is 0 Å². The quantitative estimate of drug-likeness (QED) is 0.350. The molecule has 2 aliphatic rings. The van der Waals surface area contributed by atoms with Gasteiger partial charge in [-0.2, -0.15) is 0 Å². The van der Waals surface area contributed by atoms with Gasteiger partial charge in [0.15, 0.2) is 5.52 Å². The van der Waals surface area contributed by atoms with E-state index in [1.807, 2.05) is 29.2 Å². The Morgan fingerprint density at radius 3 is 2.41 bits per heavy atom. The number of nitrogens with zero attached hydrogens (tertiary/aromatic N) is 5. The zero-order chi connectivity index (χ0) is 28.4. The van der Waals surface area contributed by atoms with Crippen molar-refractivity contribution in [3.05, 3.63) is 106 Å². The molecule has 0 aliphatic carbocycles. The Kier molecular flexibility index (Phi) is 7.88. The van der Waals surface area contributed by atoms with Crippen LogP contribution in [0.1, 0.15) is 36.3 Å². The van der Waals surface area contributed by atoms with Crippen molar-refractivity contribution < 1.29 is 9.90 Å². The molecule has 0 spiro atoms. The Balaban J connectivity index is 1.14. The summed E-state index contributed by atoms with van der Waals surface area (Å²) in [6, 6.07) is 24.1. The number of rotatable bonds is 6. The van der Waals surface area contributed by atoms with E-state index in [1.54, 1.807) is 12.1 Å². The van der Waals surface area contributed by atoms with Crippen LogP contribution in [0.25, 0.3) is 11.0 Å². The van der Waals surface area contributed by atoms with E-state index in [9.17, 15) is 14.7 Å². The van der Waals surface area contributed by atoms with Crippen molar-refractivity contribution >= 4 is 28.5 Å². The lowest BCUT2D eigenvalue weighted by Gasteiger charge is -2.43. The molecule has 4 heterocycles. The number of benzene rings is 2. The number of hydrogen-bond donors (Lipinski definition) is 1. The van der Waals surface area contributed by atoms with E-state index in [0.717, 1.165) is 26.1 Å². The zero-order valence-corrected chi connectivity index (χ0v) is 23.7. The smallest absolute Gasteiger partial charge is 0.279 e. The van der Waals surface area contributed by atoms with Crippen LogP contribution in [0.2, 0.25) is 5.15 Å². The van der Waals surface area contributed by atoms with Gasteiger partial charge in [0.2, 0.25) is 5.91 Å². The molecule has 2 atom stereocenters. The summed E-state index contributed by atoms with van der Waals surface area (Å²) in [5, 5.41) is 11.6. The Bertz CT molecular complexity index is 1570. The average molecular weight is 572 g/mol. The molecule has 2 unspecified atom stereocenters. The first kappa shape index (κ1) is 27.6. The highest BCUT2D eigenvalue weighted by Gasteiger charge is 2.40. The molecule has 41 heavy (non-hydrogen) atoms. The molecule has 0 bridgehead atoms. The van der Waals surface area contributed by atoms with Crippen LogP contribution >= 0.6 is 11.6 Å². The second-order valence-electron chi connectivity index (χ2n) is 11.4. The summed E-state index contributed by atoms with van der Waals surface area (Å²) >= 11 is 5.99. The van der Waals surface area contributed by atoms with Crippen molar-refractivity contribution in [2.75, 3.05) is 26.2 Å². The molecule has 0 radical (unpaired) electrons. The molecule has 2 saturated heterocycles. The van der Waals surface area contributed by atoms with Crippen LogP contribution in [-0.2, 0) is 17.9 Å². The fraction of sp³-hybridized carbons (Fsp3) is 0.375. The maximum absolute atomic E-state index is 13.9. The number of carbonyl (C=O) groups is 1. The van der Waals surface area contributed by atoms with Crippen LogP contribution in [0, 0.1) is 5.92 Å². The topological polar surface area (TPSA) is 91.6 Å². The third-order valence-corrected chi connectivity index (χ3v) is 8.81. The number of aliphatic hydroxyl groups is 1. The van der Waals surface area contributed by atoms with Crippen molar-refractivity contribution in [3.8, 4) is 0 Å². The van der Waals surface area contributed by atoms with E-state index in [1.165, 1.54) is 22.0 Å². The summed E-state index contributed by atoms with van der Waals surface area (Å²) in [5.74, 6) is 0.144. The number of piperidine rings is 2. The number of likely N-dealkylation sites (tertiary alicyclic amines) is 2. The molecule has 9 heteroatoms. The van der Waals surface area contributed by atoms with Crippen LogP contribution in [0.15, 0.2) is 83.9 Å². The second kappa shape index (κ2) is 11.7. The number of halogens is 1. The van der Waals surface area contributed by atoms with Gasteiger partial charge in [0.05, 0.1) is 24.0 Å². The number of hydrogen-bond acceptors (Lipinski definition) is 6. The number of amides is 1. The van der Waals surface area contributed by atoms with Gasteiger partial charge in [-0.15, -0.1) is 0 Å². The minimum atomic E-state index is -1.12. The molecule has 2 fully saturated rings. The molecule has 8 nitrogen and oxygen atoms in total. The average Bonchev–Trinajstić information content (AvgIpc) is 3.00. The Labute approximate surface area is 244 Å². The lowest BCUT2D eigenvalue weighted by molar-refractivity contribution is -0.142. The molecule has 212 valence electrons. The standard InChI is InChI=1S/C32H34ClN5O3/c33-28-12-11-27-29(35-28)31(40)38(22-34-27)21-32(41)14-17-37(18-15-32)30(39)25-13-16-36(19-23-7-3-1-4-8-23)20-26(25)24-9-5-2-6-10-24/h1-12,22,25-26,41H,13-21H2. The molecular formula is C32H34ClN5O3. The molecule has 0 saturated carbocycles. The lowest BCUT2D eigenvalue weighted by atomic mass is 9.79. The van der Waals surface area contributed by atoms with Crippen molar-refractivity contribution in [2.45, 2.75) is 43.9 Å². The number of fused-ring (bicyclic) bond motifs is 1. The van der Waals surface area contributed by atoms with Crippen molar-refractivity contribution in [2.24, 2.45) is 5.92 Å². The van der Waals surface area contributed by atoms with Crippen LogP contribution in [0.3, 0.4) is 0 Å². The van der Waals surface area contributed by atoms with Gasteiger partial charge in [-0.3, -0.25) is 19.1 Å². The van der Waals surface area contributed by atoms with Crippen LogP contribution < -0.4 is 5.56 Å². The largest absolute Gasteiger partial charge is 0.388 e. The van der Waals surface area contributed by atoms with E-state index in [0.29, 0.717) is 31.4 Å². The Morgan fingerprint density at radius 2 is 1.68 bits per heavy atom. The molecule has 4 aromatic rings. The van der Waals surface area contributed by atoms with Gasteiger partial charge in [0, 0.05) is 38.0 Å². The molecule has 2 aromatic carbocycles. The first-order chi connectivity index (χ1) is 19.9. The first-order valence-corrected chi connectivity index (χ1v) is 14.6. The molecule has 1 N–H and O–H groups in total. The molecule has 2 aliphatic heterocycles. The van der Waals surface area contributed by atoms with Gasteiger partial charge in [-0.1, -0.05) is 72.3 Å². The van der Waals surface area contributed by atoms with Gasteiger partial charge in [-0.25, -0.2) is 9.97 Å². The minimum Gasteiger partial charge on any atom is -0.388 e. The summed E-state index contributed by atoms with van der Waals surface area (Å²) in [5.41, 5.74) is 1.66. The van der Waals surface area contributed by atoms with E-state index in [4.69, 9.17) is 11.6 Å². The number of carbonyl (C=O) groups excluding carboxylic acids is 1. The van der Waals surface area contributed by atoms with Crippen molar-refractivity contribution in [1.82, 2.24) is 24.3 Å². The van der Waals surface area contributed by atoms with Crippen LogP contribution in [0.4, 0.5) is 0 Å². The van der Waals surface area contributed by atoms with E-state index >= 15 is 0 Å². The fourth-order valence-corrected chi connectivity index (χ4v) is 6.46. The highest BCUT2D eigenvalue weighted by atomic mass is 35.5. The monoisotopic (exact) mass is 571 g/mol. The first-order valence-electron chi connectivity index (χ1n) is 14.2. The number of aromatic nitrogens is 3. The summed E-state index contributed by atoms with van der Waals surface area (Å²) < 4.78 is 1.40. The predicted molar refractivity (Wildman–Crippen MR) is 159 cm³/mol. The minimum absolute atomic E-state index is 0.0928. The van der Waals surface area contributed by atoms with Gasteiger partial charge in [-0.05, 0) is 49.1 Å². The lowest BCUT2D eigenvalue weighted by Crippen LogP contribution is -2.53. The van der Waals surface area contributed by atoms with Gasteiger partial charge >= 0.3 is 0 Å². The highest BCUT2D eigenvalue weighted by molar-refractivity contribution is 6.29. The zero-order valence-electron chi connectivity index (χ0n) is 22.9. The Hall–Kier alpha value is -3.59. The third-order valence-electron chi connectivity index (χ3n) is 8.60. The molecular weight excluding hydrogens is 538 g/mol. The van der Waals surface area contributed by atoms with Crippen LogP contribution in [0.5, 0.6) is 0 Å². The van der Waals surface area contributed by atoms with E-state index < -0.39 is 5.60 Å². The molecule has 1 amide bonds. The molecule has 6 rings (SSSR count). The fourth-order valence-electron chi connectivity index (χ4n) is 6.31. The van der Waals surface area contributed by atoms with Gasteiger partial charge in [0.25, 0.3) is 5.56 Å². The van der Waals surface area contributed by atoms with Crippen molar-refractivity contribution in [1.29, 1.82) is 0 Å². The maximum atomic E-state index is 13.9. The normalized spacial score (nSPS) is 21.2. The molecule has 2 aromatic heterocycles.